The van der Waals surface area contributed by atoms with Crippen LogP contribution in [0.2, 0.25) is 0 Å². The van der Waals surface area contributed by atoms with Crippen LogP contribution in [0.4, 0.5) is 0 Å². The topological polar surface area (TPSA) is 68.0 Å². The molecule has 0 aliphatic rings. The summed E-state index contributed by atoms with van der Waals surface area (Å²) in [4.78, 5) is 15.6. The molecule has 1 aromatic heterocycles. The number of primary amides is 1. The Morgan fingerprint density at radius 1 is 1.92 bits per heavy atom. The third-order valence-electron chi connectivity index (χ3n) is 1.49. The molecule has 1 heterocycles. The lowest BCUT2D eigenvalue weighted by atomic mass is 10.3. The first-order valence-electron chi connectivity index (χ1n) is 3.60. The highest BCUT2D eigenvalue weighted by molar-refractivity contribution is 7.09. The lowest BCUT2D eigenvalue weighted by Crippen LogP contribution is -2.38. The smallest absolute Gasteiger partial charge is 0.234 e. The average molecular weight is 185 g/mol. The Bertz CT molecular complexity index is 247. The van der Waals surface area contributed by atoms with Gasteiger partial charge >= 0.3 is 0 Å². The number of carbonyl (C=O) groups is 1. The van der Waals surface area contributed by atoms with E-state index in [1.54, 1.807) is 30.0 Å². The Kier molecular flexibility index (Phi) is 3.19. The molecule has 0 radical (unpaired) electrons. The van der Waals surface area contributed by atoms with Gasteiger partial charge in [0.05, 0.1) is 11.6 Å². The Labute approximate surface area is 74.8 Å². The van der Waals surface area contributed by atoms with Crippen molar-refractivity contribution < 1.29 is 4.79 Å². The molecule has 0 bridgehead atoms. The van der Waals surface area contributed by atoms with Gasteiger partial charge in [0.25, 0.3) is 0 Å². The van der Waals surface area contributed by atoms with Crippen molar-refractivity contribution in [3.63, 3.8) is 0 Å². The quantitative estimate of drug-likeness (QED) is 0.699. The van der Waals surface area contributed by atoms with Gasteiger partial charge in [-0.25, -0.2) is 0 Å². The maximum atomic E-state index is 10.6. The molecule has 66 valence electrons. The molecule has 4 nitrogen and oxygen atoms in total. The lowest BCUT2D eigenvalue weighted by molar-refractivity contribution is -0.119. The van der Waals surface area contributed by atoms with Crippen molar-refractivity contribution in [1.82, 2.24) is 10.3 Å². The number of amides is 1. The summed E-state index contributed by atoms with van der Waals surface area (Å²) in [6, 6.07) is -0.285. The summed E-state index contributed by atoms with van der Waals surface area (Å²) >= 11 is 1.55. The zero-order valence-corrected chi connectivity index (χ0v) is 7.60. The number of nitrogens with zero attached hydrogens (tertiary/aromatic N) is 1. The maximum Gasteiger partial charge on any atom is 0.234 e. The first-order valence-corrected chi connectivity index (χ1v) is 4.48. The first-order chi connectivity index (χ1) is 5.70. The Morgan fingerprint density at radius 2 is 2.67 bits per heavy atom. The fourth-order valence-electron chi connectivity index (χ4n) is 0.684. The first kappa shape index (κ1) is 9.15. The standard InChI is InChI=1S/C7H11N3OS/c1-5(7(8)11)10-3-6-2-9-4-12-6/h2,4-5,10H,3H2,1H3,(H2,8,11). The van der Waals surface area contributed by atoms with Gasteiger partial charge in [0.15, 0.2) is 0 Å². The molecule has 0 aliphatic heterocycles. The van der Waals surface area contributed by atoms with E-state index in [-0.39, 0.29) is 11.9 Å². The largest absolute Gasteiger partial charge is 0.368 e. The van der Waals surface area contributed by atoms with Crippen LogP contribution in [0.25, 0.3) is 0 Å². The fraction of sp³-hybridized carbons (Fsp3) is 0.429. The minimum atomic E-state index is -0.334. The molecule has 1 unspecified atom stereocenters. The minimum absolute atomic E-state index is 0.285. The molecule has 0 aromatic carbocycles. The van der Waals surface area contributed by atoms with Gasteiger partial charge < -0.3 is 11.1 Å². The van der Waals surface area contributed by atoms with E-state index in [2.05, 4.69) is 10.3 Å². The second-order valence-corrected chi connectivity index (χ2v) is 3.44. The number of nitrogens with two attached hydrogens (primary N) is 1. The van der Waals surface area contributed by atoms with E-state index in [0.717, 1.165) is 4.88 Å². The number of rotatable bonds is 4. The molecular formula is C7H11N3OS. The molecule has 5 heteroatoms. The monoisotopic (exact) mass is 185 g/mol. The van der Waals surface area contributed by atoms with Crippen LogP contribution in [0.15, 0.2) is 11.7 Å². The third kappa shape index (κ3) is 2.60. The van der Waals surface area contributed by atoms with Crippen LogP contribution in [0, 0.1) is 0 Å². The molecule has 0 spiro atoms. The van der Waals surface area contributed by atoms with Crippen molar-refractivity contribution in [2.24, 2.45) is 5.73 Å². The second-order valence-electron chi connectivity index (χ2n) is 2.47. The molecular weight excluding hydrogens is 174 g/mol. The van der Waals surface area contributed by atoms with Crippen molar-refractivity contribution >= 4 is 17.2 Å². The number of carbonyl (C=O) groups excluding carboxylic acids is 1. The summed E-state index contributed by atoms with van der Waals surface area (Å²) in [6.07, 6.45) is 1.77. The van der Waals surface area contributed by atoms with Crippen LogP contribution >= 0.6 is 11.3 Å². The Balaban J connectivity index is 2.31. The lowest BCUT2D eigenvalue weighted by Gasteiger charge is -2.07. The fourth-order valence-corrected chi connectivity index (χ4v) is 1.23. The molecule has 1 atom stereocenters. The maximum absolute atomic E-state index is 10.6. The van der Waals surface area contributed by atoms with E-state index in [1.165, 1.54) is 0 Å². The molecule has 0 saturated carbocycles. The van der Waals surface area contributed by atoms with E-state index in [4.69, 9.17) is 5.73 Å². The van der Waals surface area contributed by atoms with E-state index in [0.29, 0.717) is 6.54 Å². The Morgan fingerprint density at radius 3 is 3.17 bits per heavy atom. The predicted octanol–water partition coefficient (Wildman–Crippen LogP) is 0.107. The summed E-state index contributed by atoms with van der Waals surface area (Å²) in [6.45, 7) is 2.39. The van der Waals surface area contributed by atoms with Crippen LogP contribution in [0.1, 0.15) is 11.8 Å². The summed E-state index contributed by atoms with van der Waals surface area (Å²) in [5.74, 6) is -0.334. The van der Waals surface area contributed by atoms with E-state index >= 15 is 0 Å². The molecule has 1 rings (SSSR count). The van der Waals surface area contributed by atoms with Gasteiger partial charge in [0.2, 0.25) is 5.91 Å². The van der Waals surface area contributed by atoms with E-state index in [9.17, 15) is 4.79 Å². The van der Waals surface area contributed by atoms with Crippen LogP contribution < -0.4 is 11.1 Å². The van der Waals surface area contributed by atoms with Crippen molar-refractivity contribution in [3.8, 4) is 0 Å². The van der Waals surface area contributed by atoms with Gasteiger partial charge in [0, 0.05) is 17.6 Å². The van der Waals surface area contributed by atoms with Crippen molar-refractivity contribution in [1.29, 1.82) is 0 Å². The Hall–Kier alpha value is -0.940. The van der Waals surface area contributed by atoms with Crippen molar-refractivity contribution in [3.05, 3.63) is 16.6 Å². The summed E-state index contributed by atoms with van der Waals surface area (Å²) in [7, 11) is 0. The number of thiazole rings is 1. The molecule has 1 amide bonds. The molecule has 0 aliphatic carbocycles. The molecule has 12 heavy (non-hydrogen) atoms. The van der Waals surface area contributed by atoms with Crippen LogP contribution in [0.5, 0.6) is 0 Å². The SMILES string of the molecule is CC(NCc1cncs1)C(N)=O. The summed E-state index contributed by atoms with van der Waals surface area (Å²) in [5.41, 5.74) is 6.82. The molecule has 1 aromatic rings. The van der Waals surface area contributed by atoms with Gasteiger partial charge in [-0.1, -0.05) is 0 Å². The summed E-state index contributed by atoms with van der Waals surface area (Å²) < 4.78 is 0. The number of aromatic nitrogens is 1. The normalized spacial score (nSPS) is 12.8. The van der Waals surface area contributed by atoms with Gasteiger partial charge in [-0.3, -0.25) is 9.78 Å². The highest BCUT2D eigenvalue weighted by Crippen LogP contribution is 2.04. The van der Waals surface area contributed by atoms with Crippen LogP contribution in [0.3, 0.4) is 0 Å². The van der Waals surface area contributed by atoms with Gasteiger partial charge in [0.1, 0.15) is 0 Å². The molecule has 0 fully saturated rings. The van der Waals surface area contributed by atoms with Crippen molar-refractivity contribution in [2.45, 2.75) is 19.5 Å². The zero-order chi connectivity index (χ0) is 8.97. The minimum Gasteiger partial charge on any atom is -0.368 e. The van der Waals surface area contributed by atoms with Crippen LogP contribution in [-0.2, 0) is 11.3 Å². The van der Waals surface area contributed by atoms with E-state index < -0.39 is 0 Å². The number of hydrogen-bond acceptors (Lipinski definition) is 4. The average Bonchev–Trinajstić information content (AvgIpc) is 2.51. The van der Waals surface area contributed by atoms with Gasteiger partial charge in [-0.05, 0) is 6.92 Å². The highest BCUT2D eigenvalue weighted by atomic mass is 32.1. The number of hydrogen-bond donors (Lipinski definition) is 2. The van der Waals surface area contributed by atoms with E-state index in [1.807, 2.05) is 0 Å². The van der Waals surface area contributed by atoms with Crippen molar-refractivity contribution in [2.75, 3.05) is 0 Å². The molecule has 3 N–H and O–H groups in total. The molecule has 0 saturated heterocycles. The van der Waals surface area contributed by atoms with Gasteiger partial charge in [-0.15, -0.1) is 11.3 Å². The second kappa shape index (κ2) is 4.18. The zero-order valence-electron chi connectivity index (χ0n) is 6.78. The highest BCUT2D eigenvalue weighted by Gasteiger charge is 2.06. The number of nitrogens with one attached hydrogen (secondary N) is 1. The summed E-state index contributed by atoms with van der Waals surface area (Å²) in [5, 5.41) is 2.98. The predicted molar refractivity (Wildman–Crippen MR) is 47.6 cm³/mol. The third-order valence-corrected chi connectivity index (χ3v) is 2.27. The van der Waals surface area contributed by atoms with Crippen LogP contribution in [-0.4, -0.2) is 16.9 Å². The van der Waals surface area contributed by atoms with Gasteiger partial charge in [-0.2, -0.15) is 0 Å².